The van der Waals surface area contributed by atoms with Gasteiger partial charge in [0, 0.05) is 0 Å². The molecule has 0 bridgehead atoms. The Morgan fingerprint density at radius 1 is 1.15 bits per heavy atom. The number of aryl methyl sites for hydroxylation is 1. The van der Waals surface area contributed by atoms with Gasteiger partial charge in [-0.15, -0.1) is 0 Å². The first-order valence-electron chi connectivity index (χ1n) is 3.86. The van der Waals surface area contributed by atoms with E-state index in [0.29, 0.717) is 17.1 Å². The van der Waals surface area contributed by atoms with Gasteiger partial charge in [0.2, 0.25) is 0 Å². The number of methoxy groups -OCH3 is 2. The van der Waals surface area contributed by atoms with Gasteiger partial charge in [-0.2, -0.15) is 5.26 Å². The van der Waals surface area contributed by atoms with Crippen molar-refractivity contribution in [3.8, 4) is 17.6 Å². The number of ether oxygens (including phenoxy) is 2. The lowest BCUT2D eigenvalue weighted by molar-refractivity contribution is 0.352. The molecule has 1 rings (SSSR count). The van der Waals surface area contributed by atoms with Crippen molar-refractivity contribution < 1.29 is 9.47 Å². The summed E-state index contributed by atoms with van der Waals surface area (Å²) in [5, 5.41) is 8.77. The zero-order valence-electron chi connectivity index (χ0n) is 7.92. The summed E-state index contributed by atoms with van der Waals surface area (Å²) in [5.74, 6) is 1.13. The van der Waals surface area contributed by atoms with Crippen LogP contribution >= 0.6 is 0 Å². The molecule has 0 fully saturated rings. The monoisotopic (exact) mass is 177 g/mol. The Balaban J connectivity index is 3.38. The van der Waals surface area contributed by atoms with Gasteiger partial charge < -0.3 is 9.47 Å². The molecule has 3 heteroatoms. The van der Waals surface area contributed by atoms with E-state index in [2.05, 4.69) is 0 Å². The molecule has 0 aliphatic heterocycles. The minimum absolute atomic E-state index is 0.491. The van der Waals surface area contributed by atoms with Crippen LogP contribution in [-0.4, -0.2) is 14.2 Å². The van der Waals surface area contributed by atoms with E-state index >= 15 is 0 Å². The Morgan fingerprint density at radius 2 is 1.77 bits per heavy atom. The lowest BCUT2D eigenvalue weighted by atomic mass is 10.1. The summed E-state index contributed by atoms with van der Waals surface area (Å²) in [6.07, 6.45) is 0. The van der Waals surface area contributed by atoms with E-state index in [1.807, 2.05) is 19.1 Å². The third-order valence-electron chi connectivity index (χ3n) is 1.84. The van der Waals surface area contributed by atoms with Crippen molar-refractivity contribution in [3.05, 3.63) is 23.3 Å². The van der Waals surface area contributed by atoms with E-state index in [1.54, 1.807) is 13.2 Å². The Labute approximate surface area is 77.5 Å². The first-order valence-corrected chi connectivity index (χ1v) is 3.86. The number of benzene rings is 1. The molecule has 13 heavy (non-hydrogen) atoms. The molecule has 0 saturated heterocycles. The van der Waals surface area contributed by atoms with E-state index in [9.17, 15) is 0 Å². The van der Waals surface area contributed by atoms with Crippen molar-refractivity contribution in [3.63, 3.8) is 0 Å². The summed E-state index contributed by atoms with van der Waals surface area (Å²) in [5.41, 5.74) is 1.45. The molecule has 68 valence electrons. The van der Waals surface area contributed by atoms with Gasteiger partial charge in [0.15, 0.2) is 11.5 Å². The van der Waals surface area contributed by atoms with Crippen LogP contribution in [0.1, 0.15) is 11.1 Å². The Kier molecular flexibility index (Phi) is 2.76. The molecule has 0 aromatic heterocycles. The quantitative estimate of drug-likeness (QED) is 0.692. The summed E-state index contributed by atoms with van der Waals surface area (Å²) in [7, 11) is 3.09. The fourth-order valence-corrected chi connectivity index (χ4v) is 1.21. The Hall–Kier alpha value is -1.69. The fourth-order valence-electron chi connectivity index (χ4n) is 1.21. The van der Waals surface area contributed by atoms with Crippen LogP contribution in [0.4, 0.5) is 0 Å². The van der Waals surface area contributed by atoms with Crippen LogP contribution in [0.2, 0.25) is 0 Å². The predicted molar refractivity (Wildman–Crippen MR) is 49.0 cm³/mol. The maximum Gasteiger partial charge on any atom is 0.178 e. The zero-order valence-corrected chi connectivity index (χ0v) is 7.92. The van der Waals surface area contributed by atoms with Gasteiger partial charge in [0.1, 0.15) is 6.07 Å². The lowest BCUT2D eigenvalue weighted by Gasteiger charge is -2.10. The number of nitrogens with zero attached hydrogens (tertiary/aromatic N) is 1. The van der Waals surface area contributed by atoms with Crippen LogP contribution in [0.15, 0.2) is 12.1 Å². The third-order valence-corrected chi connectivity index (χ3v) is 1.84. The topological polar surface area (TPSA) is 42.2 Å². The average Bonchev–Trinajstić information content (AvgIpc) is 2.17. The van der Waals surface area contributed by atoms with Crippen molar-refractivity contribution in [1.82, 2.24) is 0 Å². The average molecular weight is 177 g/mol. The van der Waals surface area contributed by atoms with Gasteiger partial charge in [0.05, 0.1) is 19.8 Å². The smallest absolute Gasteiger partial charge is 0.178 e. The maximum absolute atomic E-state index is 8.77. The fraction of sp³-hybridized carbons (Fsp3) is 0.300. The lowest BCUT2D eigenvalue weighted by Crippen LogP contribution is -1.95. The van der Waals surface area contributed by atoms with E-state index in [1.165, 1.54) is 7.11 Å². The van der Waals surface area contributed by atoms with Crippen LogP contribution in [0.25, 0.3) is 0 Å². The van der Waals surface area contributed by atoms with Crippen LogP contribution < -0.4 is 9.47 Å². The highest BCUT2D eigenvalue weighted by molar-refractivity contribution is 5.56. The molecular weight excluding hydrogens is 166 g/mol. The van der Waals surface area contributed by atoms with E-state index < -0.39 is 0 Å². The second-order valence-corrected chi connectivity index (χ2v) is 2.61. The van der Waals surface area contributed by atoms with Crippen LogP contribution in [0, 0.1) is 18.3 Å². The molecule has 0 amide bonds. The minimum atomic E-state index is 0.491. The van der Waals surface area contributed by atoms with Gasteiger partial charge >= 0.3 is 0 Å². The first kappa shape index (κ1) is 9.40. The minimum Gasteiger partial charge on any atom is -0.493 e. The van der Waals surface area contributed by atoms with Gasteiger partial charge in [-0.25, -0.2) is 0 Å². The molecule has 0 atom stereocenters. The molecular formula is C10H11NO2. The van der Waals surface area contributed by atoms with Crippen molar-refractivity contribution in [2.24, 2.45) is 0 Å². The van der Waals surface area contributed by atoms with Crippen molar-refractivity contribution in [2.75, 3.05) is 14.2 Å². The molecule has 0 radical (unpaired) electrons. The highest BCUT2D eigenvalue weighted by Gasteiger charge is 2.11. The summed E-state index contributed by atoms with van der Waals surface area (Å²) in [6.45, 7) is 1.91. The zero-order chi connectivity index (χ0) is 9.84. The van der Waals surface area contributed by atoms with Gasteiger partial charge in [-0.3, -0.25) is 0 Å². The molecule has 1 aromatic carbocycles. The highest BCUT2D eigenvalue weighted by atomic mass is 16.5. The molecule has 0 aliphatic carbocycles. The number of rotatable bonds is 2. The largest absolute Gasteiger partial charge is 0.493 e. The molecule has 0 N–H and O–H groups in total. The van der Waals surface area contributed by atoms with Crippen molar-refractivity contribution in [1.29, 1.82) is 5.26 Å². The van der Waals surface area contributed by atoms with Crippen molar-refractivity contribution >= 4 is 0 Å². The Morgan fingerprint density at radius 3 is 2.23 bits per heavy atom. The molecule has 1 aromatic rings. The molecule has 3 nitrogen and oxygen atoms in total. The summed E-state index contributed by atoms with van der Waals surface area (Å²) >= 11 is 0. The normalized spacial score (nSPS) is 9.08. The molecule has 0 spiro atoms. The summed E-state index contributed by atoms with van der Waals surface area (Å²) < 4.78 is 10.2. The van der Waals surface area contributed by atoms with Crippen LogP contribution in [-0.2, 0) is 0 Å². The van der Waals surface area contributed by atoms with Crippen LogP contribution in [0.5, 0.6) is 11.5 Å². The van der Waals surface area contributed by atoms with Gasteiger partial charge in [-0.1, -0.05) is 6.07 Å². The summed E-state index contributed by atoms with van der Waals surface area (Å²) in [6, 6.07) is 5.60. The van der Waals surface area contributed by atoms with Gasteiger partial charge in [0.25, 0.3) is 0 Å². The van der Waals surface area contributed by atoms with Crippen molar-refractivity contribution in [2.45, 2.75) is 6.92 Å². The van der Waals surface area contributed by atoms with E-state index in [0.717, 1.165) is 5.56 Å². The predicted octanol–water partition coefficient (Wildman–Crippen LogP) is 1.88. The third kappa shape index (κ3) is 1.57. The molecule has 0 unspecified atom stereocenters. The summed E-state index contributed by atoms with van der Waals surface area (Å²) in [4.78, 5) is 0. The van der Waals surface area contributed by atoms with E-state index in [-0.39, 0.29) is 0 Å². The van der Waals surface area contributed by atoms with Crippen LogP contribution in [0.3, 0.4) is 0 Å². The van der Waals surface area contributed by atoms with Gasteiger partial charge in [-0.05, 0) is 18.6 Å². The number of hydrogen-bond acceptors (Lipinski definition) is 3. The maximum atomic E-state index is 8.77. The standard InChI is InChI=1S/C10H11NO2/c1-7-4-5-8(6-11)10(13-3)9(7)12-2/h4-5H,1-3H3. The SMILES string of the molecule is COc1c(C)ccc(C#N)c1OC. The Bertz CT molecular complexity index is 353. The highest BCUT2D eigenvalue weighted by Crippen LogP contribution is 2.33. The molecule has 0 heterocycles. The second-order valence-electron chi connectivity index (χ2n) is 2.61. The second kappa shape index (κ2) is 3.81. The molecule has 0 aliphatic rings. The first-order chi connectivity index (χ1) is 6.24. The van der Waals surface area contributed by atoms with E-state index in [4.69, 9.17) is 14.7 Å². The molecule has 0 saturated carbocycles. The number of nitriles is 1. The number of hydrogen-bond donors (Lipinski definition) is 0.